The summed E-state index contributed by atoms with van der Waals surface area (Å²) in [5, 5.41) is 13.9. The lowest BCUT2D eigenvalue weighted by atomic mass is 10.0. The van der Waals surface area contributed by atoms with E-state index >= 15 is 0 Å². The van der Waals surface area contributed by atoms with Gasteiger partial charge in [-0.25, -0.2) is 32.2 Å². The fourth-order valence-electron chi connectivity index (χ4n) is 3.26. The number of rotatable bonds is 2. The van der Waals surface area contributed by atoms with E-state index in [-0.39, 0.29) is 35.5 Å². The monoisotopic (exact) mass is 434 g/mol. The van der Waals surface area contributed by atoms with Gasteiger partial charge >= 0.3 is 0 Å². The SMILES string of the molecule is CN1CC[C@@](O)(C#Cc2cc(-n3nc(C(F)F)c4c(N)ncnc43)cc(F)c2F)C1=O. The number of halogens is 4. The molecular formula is C19H14F4N6O2. The molecule has 8 nitrogen and oxygen atoms in total. The second kappa shape index (κ2) is 7.21. The molecule has 1 atom stereocenters. The first-order valence-electron chi connectivity index (χ1n) is 8.90. The number of aliphatic hydroxyl groups is 1. The van der Waals surface area contributed by atoms with Gasteiger partial charge in [-0.1, -0.05) is 11.8 Å². The lowest BCUT2D eigenvalue weighted by molar-refractivity contribution is -0.137. The van der Waals surface area contributed by atoms with E-state index in [0.29, 0.717) is 0 Å². The number of nitrogens with zero attached hydrogens (tertiary/aromatic N) is 5. The normalized spacial score (nSPS) is 18.7. The number of amides is 1. The second-order valence-electron chi connectivity index (χ2n) is 6.93. The first-order valence-corrected chi connectivity index (χ1v) is 8.90. The van der Waals surface area contributed by atoms with E-state index in [1.165, 1.54) is 11.9 Å². The molecule has 0 spiro atoms. The van der Waals surface area contributed by atoms with Gasteiger partial charge in [0.25, 0.3) is 12.3 Å². The highest BCUT2D eigenvalue weighted by atomic mass is 19.3. The number of hydrogen-bond acceptors (Lipinski definition) is 6. The molecule has 12 heteroatoms. The molecule has 0 bridgehead atoms. The Morgan fingerprint density at radius 1 is 1.29 bits per heavy atom. The second-order valence-corrected chi connectivity index (χ2v) is 6.93. The van der Waals surface area contributed by atoms with Crippen LogP contribution in [0.25, 0.3) is 16.7 Å². The molecule has 1 aliphatic rings. The van der Waals surface area contributed by atoms with Crippen LogP contribution in [-0.4, -0.2) is 54.9 Å². The predicted octanol–water partition coefficient (Wildman–Crippen LogP) is 1.56. The fraction of sp³-hybridized carbons (Fsp3) is 0.263. The van der Waals surface area contributed by atoms with Gasteiger partial charge in [0.05, 0.1) is 16.6 Å². The van der Waals surface area contributed by atoms with Gasteiger partial charge in [-0.2, -0.15) is 5.10 Å². The Morgan fingerprint density at radius 3 is 2.68 bits per heavy atom. The lowest BCUT2D eigenvalue weighted by Crippen LogP contribution is -2.37. The van der Waals surface area contributed by atoms with Gasteiger partial charge < -0.3 is 15.7 Å². The van der Waals surface area contributed by atoms with Gasteiger partial charge in [-0.15, -0.1) is 0 Å². The number of alkyl halides is 2. The Kier molecular flexibility index (Phi) is 4.78. The molecule has 0 unspecified atom stereocenters. The maximum atomic E-state index is 14.3. The fourth-order valence-corrected chi connectivity index (χ4v) is 3.26. The molecule has 0 radical (unpaired) electrons. The molecule has 3 N–H and O–H groups in total. The van der Waals surface area contributed by atoms with E-state index in [1.807, 2.05) is 0 Å². The molecule has 3 aromatic rings. The molecule has 1 aromatic carbocycles. The zero-order chi connectivity index (χ0) is 22.5. The zero-order valence-corrected chi connectivity index (χ0v) is 15.9. The zero-order valence-electron chi connectivity index (χ0n) is 15.9. The molecule has 1 amide bonds. The van der Waals surface area contributed by atoms with Crippen LogP contribution in [0.4, 0.5) is 23.4 Å². The Labute approximate surface area is 172 Å². The number of carbonyl (C=O) groups is 1. The van der Waals surface area contributed by atoms with Crippen molar-refractivity contribution in [2.75, 3.05) is 19.3 Å². The number of nitrogens with two attached hydrogens (primary N) is 1. The molecule has 4 rings (SSSR count). The molecule has 1 saturated heterocycles. The molecule has 0 aliphatic carbocycles. The van der Waals surface area contributed by atoms with Crippen molar-refractivity contribution in [1.29, 1.82) is 0 Å². The molecule has 1 fully saturated rings. The molecular weight excluding hydrogens is 420 g/mol. The van der Waals surface area contributed by atoms with Crippen LogP contribution in [0.3, 0.4) is 0 Å². The lowest BCUT2D eigenvalue weighted by Gasteiger charge is -2.13. The van der Waals surface area contributed by atoms with Crippen molar-refractivity contribution in [2.24, 2.45) is 0 Å². The van der Waals surface area contributed by atoms with Crippen LogP contribution in [0.1, 0.15) is 24.1 Å². The number of anilines is 1. The Morgan fingerprint density at radius 2 is 2.03 bits per heavy atom. The van der Waals surface area contributed by atoms with Crippen LogP contribution >= 0.6 is 0 Å². The largest absolute Gasteiger partial charge is 0.383 e. The Balaban J connectivity index is 1.87. The summed E-state index contributed by atoms with van der Waals surface area (Å²) in [5.74, 6) is 0.973. The van der Waals surface area contributed by atoms with Crippen molar-refractivity contribution >= 4 is 22.8 Å². The van der Waals surface area contributed by atoms with E-state index in [2.05, 4.69) is 26.9 Å². The van der Waals surface area contributed by atoms with Crippen molar-refractivity contribution in [1.82, 2.24) is 24.6 Å². The summed E-state index contributed by atoms with van der Waals surface area (Å²) in [6.07, 6.45) is -2.01. The number of nitrogen functional groups attached to an aromatic ring is 1. The third kappa shape index (κ3) is 3.32. The standard InChI is InChI=1S/C19H14F4N6O2/c1-28-5-4-19(31,18(28)30)3-2-9-6-10(7-11(20)13(9)21)29-17-12(14(27-29)15(22)23)16(24)25-8-26-17/h6-8,15,31H,4-5H2,1H3,(H2,24,25,26)/t19-/m0/s1. The van der Waals surface area contributed by atoms with E-state index in [0.717, 1.165) is 23.1 Å². The van der Waals surface area contributed by atoms with Crippen LogP contribution in [0.15, 0.2) is 18.5 Å². The van der Waals surface area contributed by atoms with Gasteiger partial charge in [0.1, 0.15) is 17.8 Å². The van der Waals surface area contributed by atoms with E-state index < -0.39 is 40.8 Å². The minimum atomic E-state index is -3.03. The van der Waals surface area contributed by atoms with Crippen LogP contribution in [0.5, 0.6) is 0 Å². The van der Waals surface area contributed by atoms with E-state index in [9.17, 15) is 27.5 Å². The van der Waals surface area contributed by atoms with Gasteiger partial charge in [0.2, 0.25) is 5.60 Å². The molecule has 0 saturated carbocycles. The van der Waals surface area contributed by atoms with Crippen LogP contribution < -0.4 is 5.73 Å². The summed E-state index contributed by atoms with van der Waals surface area (Å²) < 4.78 is 56.3. The van der Waals surface area contributed by atoms with Crippen molar-refractivity contribution in [3.8, 4) is 17.5 Å². The van der Waals surface area contributed by atoms with E-state index in [4.69, 9.17) is 5.73 Å². The average Bonchev–Trinajstić information content (AvgIpc) is 3.24. The van der Waals surface area contributed by atoms with Crippen LogP contribution in [-0.2, 0) is 4.79 Å². The van der Waals surface area contributed by atoms with Gasteiger partial charge in [0.15, 0.2) is 17.3 Å². The van der Waals surface area contributed by atoms with Gasteiger partial charge in [-0.3, -0.25) is 4.79 Å². The van der Waals surface area contributed by atoms with Gasteiger partial charge in [0, 0.05) is 26.1 Å². The molecule has 160 valence electrons. The highest BCUT2D eigenvalue weighted by molar-refractivity contribution is 5.91. The number of benzene rings is 1. The molecule has 31 heavy (non-hydrogen) atoms. The third-order valence-electron chi connectivity index (χ3n) is 4.90. The summed E-state index contributed by atoms with van der Waals surface area (Å²) in [6, 6.07) is 1.77. The first kappa shape index (κ1) is 20.5. The summed E-state index contributed by atoms with van der Waals surface area (Å²) in [5.41, 5.74) is 2.10. The van der Waals surface area contributed by atoms with Crippen LogP contribution in [0.2, 0.25) is 0 Å². The number of likely N-dealkylation sites (N-methyl/N-ethyl adjacent to an activating group) is 1. The van der Waals surface area contributed by atoms with E-state index in [1.54, 1.807) is 0 Å². The van der Waals surface area contributed by atoms with Gasteiger partial charge in [-0.05, 0) is 6.07 Å². The molecule has 2 aromatic heterocycles. The average molecular weight is 434 g/mol. The minimum Gasteiger partial charge on any atom is -0.383 e. The Bertz CT molecular complexity index is 1280. The summed E-state index contributed by atoms with van der Waals surface area (Å²) in [4.78, 5) is 20.8. The summed E-state index contributed by atoms with van der Waals surface area (Å²) >= 11 is 0. The number of hydrogen-bond donors (Lipinski definition) is 2. The van der Waals surface area contributed by atoms with Crippen molar-refractivity contribution in [3.05, 3.63) is 41.4 Å². The quantitative estimate of drug-likeness (QED) is 0.468. The van der Waals surface area contributed by atoms with Crippen molar-refractivity contribution < 1.29 is 27.5 Å². The number of fused-ring (bicyclic) bond motifs is 1. The predicted molar refractivity (Wildman–Crippen MR) is 100 cm³/mol. The van der Waals surface area contributed by atoms with Crippen molar-refractivity contribution in [3.63, 3.8) is 0 Å². The summed E-state index contributed by atoms with van der Waals surface area (Å²) in [7, 11) is 1.47. The third-order valence-corrected chi connectivity index (χ3v) is 4.90. The first-order chi connectivity index (χ1) is 14.6. The Hall–Kier alpha value is -3.72. The highest BCUT2D eigenvalue weighted by Gasteiger charge is 2.42. The molecule has 3 heterocycles. The van der Waals surface area contributed by atoms with Crippen molar-refractivity contribution in [2.45, 2.75) is 18.4 Å². The highest BCUT2D eigenvalue weighted by Crippen LogP contribution is 2.31. The number of carbonyl (C=O) groups excluding carboxylic acids is 1. The van der Waals surface area contributed by atoms with Crippen LogP contribution in [0, 0.1) is 23.5 Å². The number of aromatic nitrogens is 4. The minimum absolute atomic E-state index is 0.00311. The number of likely N-dealkylation sites (tertiary alicyclic amines) is 1. The summed E-state index contributed by atoms with van der Waals surface area (Å²) in [6.45, 7) is 0.248. The topological polar surface area (TPSA) is 110 Å². The molecule has 1 aliphatic heterocycles. The maximum absolute atomic E-state index is 14.3. The smallest absolute Gasteiger partial charge is 0.282 e. The maximum Gasteiger partial charge on any atom is 0.282 e.